The molecule has 2 rings (SSSR count). The summed E-state index contributed by atoms with van der Waals surface area (Å²) >= 11 is 0. The first-order valence-corrected chi connectivity index (χ1v) is 5.74. The van der Waals surface area contributed by atoms with E-state index in [1.54, 1.807) is 14.0 Å². The Morgan fingerprint density at radius 2 is 2.06 bits per heavy atom. The molecule has 0 unspecified atom stereocenters. The van der Waals surface area contributed by atoms with Gasteiger partial charge in [-0.1, -0.05) is 5.16 Å². The minimum atomic E-state index is 0.584. The molecular formula is C11H16N6O. The van der Waals surface area contributed by atoms with Crippen molar-refractivity contribution in [3.8, 4) is 0 Å². The minimum absolute atomic E-state index is 0.584. The molecule has 0 atom stereocenters. The lowest BCUT2D eigenvalue weighted by molar-refractivity contribution is 0.387. The Morgan fingerprint density at radius 1 is 1.22 bits per heavy atom. The van der Waals surface area contributed by atoms with Crippen LogP contribution in [0.3, 0.4) is 0 Å². The lowest BCUT2D eigenvalue weighted by Gasteiger charge is -2.06. The van der Waals surface area contributed by atoms with Crippen molar-refractivity contribution >= 4 is 11.8 Å². The van der Waals surface area contributed by atoms with Gasteiger partial charge < -0.3 is 15.2 Å². The zero-order valence-electron chi connectivity index (χ0n) is 10.7. The molecule has 7 nitrogen and oxygen atoms in total. The van der Waals surface area contributed by atoms with Crippen LogP contribution in [0.25, 0.3) is 0 Å². The third-order valence-corrected chi connectivity index (χ3v) is 2.30. The summed E-state index contributed by atoms with van der Waals surface area (Å²) in [4.78, 5) is 12.6. The maximum Gasteiger partial charge on any atom is 0.224 e. The van der Waals surface area contributed by atoms with Gasteiger partial charge in [0.1, 0.15) is 5.82 Å². The van der Waals surface area contributed by atoms with E-state index < -0.39 is 0 Å². The summed E-state index contributed by atoms with van der Waals surface area (Å²) in [5, 5.41) is 9.95. The number of nitrogens with zero attached hydrogens (tertiary/aromatic N) is 4. The summed E-state index contributed by atoms with van der Waals surface area (Å²) < 4.78 is 4.90. The van der Waals surface area contributed by atoms with Gasteiger partial charge in [-0.3, -0.25) is 0 Å². The Bertz CT molecular complexity index is 524. The molecule has 0 aliphatic carbocycles. The topological polar surface area (TPSA) is 88.8 Å². The molecule has 18 heavy (non-hydrogen) atoms. The van der Waals surface area contributed by atoms with Gasteiger partial charge in [0.05, 0.1) is 0 Å². The monoisotopic (exact) mass is 248 g/mol. The number of rotatable bonds is 5. The van der Waals surface area contributed by atoms with Crippen LogP contribution in [-0.4, -0.2) is 33.7 Å². The Morgan fingerprint density at radius 3 is 2.72 bits per heavy atom. The highest BCUT2D eigenvalue weighted by Gasteiger charge is 2.03. The highest BCUT2D eigenvalue weighted by molar-refractivity contribution is 5.41. The summed E-state index contributed by atoms with van der Waals surface area (Å²) in [6, 6.07) is 1.89. The van der Waals surface area contributed by atoms with E-state index in [1.165, 1.54) is 0 Å². The molecule has 0 aliphatic heterocycles. The molecular weight excluding hydrogens is 232 g/mol. The zero-order valence-corrected chi connectivity index (χ0v) is 10.7. The lowest BCUT2D eigenvalue weighted by atomic mass is 10.4. The molecule has 0 spiro atoms. The van der Waals surface area contributed by atoms with Crippen molar-refractivity contribution in [2.45, 2.75) is 20.3 Å². The Labute approximate surface area is 105 Å². The predicted molar refractivity (Wildman–Crippen MR) is 67.5 cm³/mol. The second-order valence-electron chi connectivity index (χ2n) is 3.87. The van der Waals surface area contributed by atoms with Crippen molar-refractivity contribution in [2.75, 3.05) is 24.2 Å². The largest absolute Gasteiger partial charge is 0.369 e. The third kappa shape index (κ3) is 3.16. The standard InChI is InChI=1S/C11H16N6O/c1-7-6-10(16-11(12-3)14-7)13-5-4-9-15-8(2)18-17-9/h6H,4-5H2,1-3H3,(H2,12,13,14,16). The number of aryl methyl sites for hydroxylation is 2. The van der Waals surface area contributed by atoms with Crippen molar-refractivity contribution in [1.82, 2.24) is 20.1 Å². The summed E-state index contributed by atoms with van der Waals surface area (Å²) in [5.41, 5.74) is 0.909. The summed E-state index contributed by atoms with van der Waals surface area (Å²) in [6.07, 6.45) is 0.690. The van der Waals surface area contributed by atoms with E-state index in [0.29, 0.717) is 30.6 Å². The Balaban J connectivity index is 1.91. The minimum Gasteiger partial charge on any atom is -0.369 e. The molecule has 2 aromatic rings. The van der Waals surface area contributed by atoms with Gasteiger partial charge >= 0.3 is 0 Å². The van der Waals surface area contributed by atoms with Gasteiger partial charge in [-0.05, 0) is 6.92 Å². The first-order valence-electron chi connectivity index (χ1n) is 5.74. The second kappa shape index (κ2) is 5.44. The van der Waals surface area contributed by atoms with Crippen LogP contribution in [0.15, 0.2) is 10.6 Å². The van der Waals surface area contributed by atoms with E-state index in [-0.39, 0.29) is 0 Å². The highest BCUT2D eigenvalue weighted by atomic mass is 16.5. The molecule has 0 fully saturated rings. The van der Waals surface area contributed by atoms with E-state index in [0.717, 1.165) is 11.5 Å². The molecule has 0 aromatic carbocycles. The van der Waals surface area contributed by atoms with Crippen LogP contribution >= 0.6 is 0 Å². The van der Waals surface area contributed by atoms with Gasteiger partial charge in [0.2, 0.25) is 11.8 Å². The predicted octanol–water partition coefficient (Wildman–Crippen LogP) is 1.17. The van der Waals surface area contributed by atoms with Crippen LogP contribution in [-0.2, 0) is 6.42 Å². The number of hydrogen-bond acceptors (Lipinski definition) is 7. The van der Waals surface area contributed by atoms with E-state index in [2.05, 4.69) is 30.7 Å². The van der Waals surface area contributed by atoms with Crippen LogP contribution in [0.2, 0.25) is 0 Å². The Kier molecular flexibility index (Phi) is 3.71. The molecule has 7 heteroatoms. The van der Waals surface area contributed by atoms with Gasteiger partial charge in [0.15, 0.2) is 5.82 Å². The van der Waals surface area contributed by atoms with Gasteiger partial charge in [-0.25, -0.2) is 4.98 Å². The summed E-state index contributed by atoms with van der Waals surface area (Å²) in [6.45, 7) is 4.39. The van der Waals surface area contributed by atoms with E-state index in [1.807, 2.05) is 13.0 Å². The molecule has 0 bridgehead atoms. The van der Waals surface area contributed by atoms with E-state index in [9.17, 15) is 0 Å². The maximum atomic E-state index is 4.90. The van der Waals surface area contributed by atoms with Gasteiger partial charge in [0.25, 0.3) is 0 Å². The molecule has 0 saturated carbocycles. The zero-order chi connectivity index (χ0) is 13.0. The van der Waals surface area contributed by atoms with Crippen molar-refractivity contribution in [1.29, 1.82) is 0 Å². The van der Waals surface area contributed by atoms with Crippen molar-refractivity contribution in [3.63, 3.8) is 0 Å². The molecule has 96 valence electrons. The SMILES string of the molecule is CNc1nc(C)cc(NCCc2noc(C)n2)n1. The van der Waals surface area contributed by atoms with E-state index >= 15 is 0 Å². The smallest absolute Gasteiger partial charge is 0.224 e. The highest BCUT2D eigenvalue weighted by Crippen LogP contribution is 2.09. The number of nitrogens with one attached hydrogen (secondary N) is 2. The van der Waals surface area contributed by atoms with Crippen LogP contribution in [0.4, 0.5) is 11.8 Å². The molecule has 0 amide bonds. The summed E-state index contributed by atoms with van der Waals surface area (Å²) in [7, 11) is 1.79. The first-order chi connectivity index (χ1) is 8.67. The molecule has 2 heterocycles. The average Bonchev–Trinajstić information content (AvgIpc) is 2.74. The fourth-order valence-corrected chi connectivity index (χ4v) is 1.52. The summed E-state index contributed by atoms with van der Waals surface area (Å²) in [5.74, 6) is 2.67. The molecule has 0 radical (unpaired) electrons. The van der Waals surface area contributed by atoms with Crippen LogP contribution in [0, 0.1) is 13.8 Å². The van der Waals surface area contributed by atoms with Crippen LogP contribution in [0.5, 0.6) is 0 Å². The fourth-order valence-electron chi connectivity index (χ4n) is 1.52. The fraction of sp³-hybridized carbons (Fsp3) is 0.455. The normalized spacial score (nSPS) is 10.4. The average molecular weight is 248 g/mol. The quantitative estimate of drug-likeness (QED) is 0.821. The molecule has 2 aromatic heterocycles. The van der Waals surface area contributed by atoms with Crippen molar-refractivity contribution < 1.29 is 4.52 Å². The number of anilines is 2. The first kappa shape index (κ1) is 12.3. The van der Waals surface area contributed by atoms with E-state index in [4.69, 9.17) is 4.52 Å². The third-order valence-electron chi connectivity index (χ3n) is 2.30. The van der Waals surface area contributed by atoms with Crippen molar-refractivity contribution in [2.24, 2.45) is 0 Å². The second-order valence-corrected chi connectivity index (χ2v) is 3.87. The maximum absolute atomic E-state index is 4.90. The lowest BCUT2D eigenvalue weighted by Crippen LogP contribution is -2.09. The van der Waals surface area contributed by atoms with Crippen LogP contribution in [0.1, 0.15) is 17.4 Å². The van der Waals surface area contributed by atoms with Crippen LogP contribution < -0.4 is 10.6 Å². The molecule has 2 N–H and O–H groups in total. The molecule has 0 saturated heterocycles. The number of hydrogen-bond donors (Lipinski definition) is 2. The molecule has 0 aliphatic rings. The van der Waals surface area contributed by atoms with Gasteiger partial charge in [-0.2, -0.15) is 9.97 Å². The van der Waals surface area contributed by atoms with Gasteiger partial charge in [-0.15, -0.1) is 0 Å². The van der Waals surface area contributed by atoms with Crippen molar-refractivity contribution in [3.05, 3.63) is 23.5 Å². The number of aromatic nitrogens is 4. The van der Waals surface area contributed by atoms with Gasteiger partial charge in [0, 0.05) is 38.7 Å². The Hall–Kier alpha value is -2.18.